The predicted octanol–water partition coefficient (Wildman–Crippen LogP) is 0.333. The summed E-state index contributed by atoms with van der Waals surface area (Å²) < 4.78 is 20.9. The number of methoxy groups -OCH3 is 1. The Morgan fingerprint density at radius 3 is 2.40 bits per heavy atom. The molecule has 7 heteroatoms. The lowest BCUT2D eigenvalue weighted by atomic mass is 10.2. The molecule has 0 unspecified atom stereocenters. The molecule has 1 aromatic carbocycles. The van der Waals surface area contributed by atoms with E-state index in [1.807, 2.05) is 30.3 Å². The van der Waals surface area contributed by atoms with Crippen LogP contribution in [0, 0.1) is 11.8 Å². The largest absolute Gasteiger partial charge is 0.378 e. The van der Waals surface area contributed by atoms with Gasteiger partial charge >= 0.3 is 0 Å². The Balaban J connectivity index is 1.76. The van der Waals surface area contributed by atoms with Crippen molar-refractivity contribution in [2.45, 2.75) is 0 Å². The average molecular weight is 351 g/mol. The standard InChI is InChI=1S/C18H29N3O4/c1-22-14-21-17-25-16-20-10-11-23-12-13-24-15-19-9-5-8-18-6-3-2-4-7-18/h2-4,6-7,19-21H,9-17H2,1H3. The molecular weight excluding hydrogens is 322 g/mol. The lowest BCUT2D eigenvalue weighted by molar-refractivity contribution is 0.0357. The second-order valence-electron chi connectivity index (χ2n) is 4.94. The topological polar surface area (TPSA) is 73.0 Å². The molecule has 0 saturated heterocycles. The molecule has 0 aliphatic carbocycles. The van der Waals surface area contributed by atoms with E-state index < -0.39 is 0 Å². The van der Waals surface area contributed by atoms with Crippen LogP contribution in [0.2, 0.25) is 0 Å². The van der Waals surface area contributed by atoms with Gasteiger partial charge in [0.15, 0.2) is 0 Å². The number of nitrogens with one attached hydrogen (secondary N) is 3. The van der Waals surface area contributed by atoms with Crippen LogP contribution >= 0.6 is 0 Å². The zero-order chi connectivity index (χ0) is 17.8. The molecule has 0 aliphatic rings. The van der Waals surface area contributed by atoms with Crippen LogP contribution in [0.4, 0.5) is 0 Å². The van der Waals surface area contributed by atoms with Gasteiger partial charge in [-0.15, -0.1) is 0 Å². The van der Waals surface area contributed by atoms with E-state index in [9.17, 15) is 0 Å². The molecule has 140 valence electrons. The minimum absolute atomic E-state index is 0.457. The summed E-state index contributed by atoms with van der Waals surface area (Å²) in [5.74, 6) is 6.12. The highest BCUT2D eigenvalue weighted by atomic mass is 16.5. The van der Waals surface area contributed by atoms with Crippen LogP contribution in [0.1, 0.15) is 5.56 Å². The Morgan fingerprint density at radius 1 is 0.800 bits per heavy atom. The van der Waals surface area contributed by atoms with Gasteiger partial charge in [0, 0.05) is 19.2 Å². The monoisotopic (exact) mass is 351 g/mol. The molecule has 3 N–H and O–H groups in total. The summed E-state index contributed by atoms with van der Waals surface area (Å²) in [6.45, 7) is 4.95. The van der Waals surface area contributed by atoms with Crippen LogP contribution in [0.5, 0.6) is 0 Å². The van der Waals surface area contributed by atoms with E-state index in [-0.39, 0.29) is 0 Å². The van der Waals surface area contributed by atoms with E-state index in [0.717, 1.165) is 12.1 Å². The molecule has 1 rings (SSSR count). The molecule has 0 spiro atoms. The highest BCUT2D eigenvalue weighted by molar-refractivity contribution is 5.33. The first-order valence-electron chi connectivity index (χ1n) is 8.31. The third-order valence-electron chi connectivity index (χ3n) is 2.87. The highest BCUT2D eigenvalue weighted by Crippen LogP contribution is 1.94. The average Bonchev–Trinajstić information content (AvgIpc) is 2.65. The molecule has 0 atom stereocenters. The maximum atomic E-state index is 5.43. The van der Waals surface area contributed by atoms with Gasteiger partial charge in [0.05, 0.1) is 53.3 Å². The Morgan fingerprint density at radius 2 is 1.56 bits per heavy atom. The molecule has 25 heavy (non-hydrogen) atoms. The molecule has 0 fully saturated rings. The van der Waals surface area contributed by atoms with Crippen molar-refractivity contribution in [1.82, 2.24) is 16.0 Å². The fraction of sp³-hybridized carbons (Fsp3) is 0.556. The Kier molecular flexibility index (Phi) is 14.9. The normalized spacial score (nSPS) is 10.4. The fourth-order valence-electron chi connectivity index (χ4n) is 1.70. The molecule has 0 heterocycles. The maximum absolute atomic E-state index is 5.43. The van der Waals surface area contributed by atoms with Crippen LogP contribution in [-0.4, -0.2) is 66.9 Å². The van der Waals surface area contributed by atoms with Gasteiger partial charge in [-0.2, -0.15) is 0 Å². The van der Waals surface area contributed by atoms with Crippen LogP contribution in [-0.2, 0) is 18.9 Å². The molecule has 0 amide bonds. The second kappa shape index (κ2) is 17.3. The van der Waals surface area contributed by atoms with E-state index in [1.54, 1.807) is 7.11 Å². The van der Waals surface area contributed by atoms with Crippen LogP contribution < -0.4 is 16.0 Å². The number of rotatable bonds is 15. The van der Waals surface area contributed by atoms with Crippen molar-refractivity contribution in [3.8, 4) is 11.8 Å². The van der Waals surface area contributed by atoms with E-state index in [2.05, 4.69) is 27.8 Å². The van der Waals surface area contributed by atoms with Crippen molar-refractivity contribution in [1.29, 1.82) is 0 Å². The van der Waals surface area contributed by atoms with Crippen LogP contribution in [0.15, 0.2) is 30.3 Å². The van der Waals surface area contributed by atoms with Gasteiger partial charge in [-0.05, 0) is 12.1 Å². The van der Waals surface area contributed by atoms with Gasteiger partial charge in [0.25, 0.3) is 0 Å². The minimum atomic E-state index is 0.457. The lowest BCUT2D eigenvalue weighted by Crippen LogP contribution is -2.28. The number of benzene rings is 1. The van der Waals surface area contributed by atoms with Crippen molar-refractivity contribution in [3.63, 3.8) is 0 Å². The molecule has 0 bridgehead atoms. The third kappa shape index (κ3) is 14.5. The summed E-state index contributed by atoms with van der Waals surface area (Å²) in [6, 6.07) is 9.90. The van der Waals surface area contributed by atoms with Crippen molar-refractivity contribution in [2.75, 3.05) is 66.9 Å². The van der Waals surface area contributed by atoms with Crippen LogP contribution in [0.3, 0.4) is 0 Å². The summed E-state index contributed by atoms with van der Waals surface area (Å²) in [5, 5.41) is 9.15. The van der Waals surface area contributed by atoms with Crippen molar-refractivity contribution < 1.29 is 18.9 Å². The molecule has 0 aliphatic heterocycles. The van der Waals surface area contributed by atoms with E-state index in [0.29, 0.717) is 53.3 Å². The van der Waals surface area contributed by atoms with E-state index in [4.69, 9.17) is 18.9 Å². The second-order valence-corrected chi connectivity index (χ2v) is 4.94. The van der Waals surface area contributed by atoms with Gasteiger partial charge in [0.2, 0.25) is 0 Å². The van der Waals surface area contributed by atoms with Gasteiger partial charge in [0.1, 0.15) is 0 Å². The van der Waals surface area contributed by atoms with Crippen molar-refractivity contribution >= 4 is 0 Å². The predicted molar refractivity (Wildman–Crippen MR) is 96.8 cm³/mol. The summed E-state index contributed by atoms with van der Waals surface area (Å²) in [5.41, 5.74) is 1.02. The molecular formula is C18H29N3O4. The van der Waals surface area contributed by atoms with Crippen molar-refractivity contribution in [2.24, 2.45) is 0 Å². The zero-order valence-electron chi connectivity index (χ0n) is 14.9. The summed E-state index contributed by atoms with van der Waals surface area (Å²) in [6.07, 6.45) is 0. The van der Waals surface area contributed by atoms with Gasteiger partial charge in [-0.3, -0.25) is 16.0 Å². The van der Waals surface area contributed by atoms with Crippen molar-refractivity contribution in [3.05, 3.63) is 35.9 Å². The lowest BCUT2D eigenvalue weighted by Gasteiger charge is -2.08. The molecule has 0 saturated carbocycles. The summed E-state index contributed by atoms with van der Waals surface area (Å²) >= 11 is 0. The third-order valence-corrected chi connectivity index (χ3v) is 2.87. The van der Waals surface area contributed by atoms with Gasteiger partial charge in [-0.1, -0.05) is 30.0 Å². The highest BCUT2D eigenvalue weighted by Gasteiger charge is 1.91. The summed E-state index contributed by atoms with van der Waals surface area (Å²) in [7, 11) is 1.63. The smallest absolute Gasteiger partial charge is 0.1000 e. The molecule has 7 nitrogen and oxygen atoms in total. The minimum Gasteiger partial charge on any atom is -0.378 e. The first-order chi connectivity index (χ1) is 12.4. The maximum Gasteiger partial charge on any atom is 0.1000 e. The molecule has 0 radical (unpaired) electrons. The number of ether oxygens (including phenoxy) is 4. The number of hydrogen-bond donors (Lipinski definition) is 3. The Labute approximate surface area is 150 Å². The molecule has 0 aromatic heterocycles. The quantitative estimate of drug-likeness (QED) is 0.239. The SMILES string of the molecule is COCNCOCNCCOCCOCNCC#Cc1ccccc1. The first kappa shape index (κ1) is 21.5. The van der Waals surface area contributed by atoms with E-state index >= 15 is 0 Å². The molecule has 1 aromatic rings. The van der Waals surface area contributed by atoms with Gasteiger partial charge < -0.3 is 18.9 Å². The van der Waals surface area contributed by atoms with Gasteiger partial charge in [-0.25, -0.2) is 0 Å². The first-order valence-corrected chi connectivity index (χ1v) is 8.31. The summed E-state index contributed by atoms with van der Waals surface area (Å²) in [4.78, 5) is 0. The number of hydrogen-bond acceptors (Lipinski definition) is 7. The fourth-order valence-corrected chi connectivity index (χ4v) is 1.70. The Hall–Kier alpha value is -1.50. The zero-order valence-corrected chi connectivity index (χ0v) is 14.9. The van der Waals surface area contributed by atoms with Crippen LogP contribution in [0.25, 0.3) is 0 Å². The van der Waals surface area contributed by atoms with E-state index in [1.165, 1.54) is 0 Å². The Bertz CT molecular complexity index is 462.